The summed E-state index contributed by atoms with van der Waals surface area (Å²) in [4.78, 5) is 45.5. The van der Waals surface area contributed by atoms with Gasteiger partial charge in [-0.3, -0.25) is 14.4 Å². The molecule has 2 amide bonds. The molecule has 1 aliphatic carbocycles. The summed E-state index contributed by atoms with van der Waals surface area (Å²) in [7, 11) is 0. The van der Waals surface area contributed by atoms with Crippen LogP contribution in [0.25, 0.3) is 0 Å². The Hall–Kier alpha value is -2.61. The lowest BCUT2D eigenvalue weighted by atomic mass is 9.83. The van der Waals surface area contributed by atoms with Gasteiger partial charge < -0.3 is 10.2 Å². The smallest absolute Gasteiger partial charge is 0.246 e. The van der Waals surface area contributed by atoms with Gasteiger partial charge in [0.2, 0.25) is 17.6 Å². The van der Waals surface area contributed by atoms with Gasteiger partial charge in [0, 0.05) is 23.4 Å². The summed E-state index contributed by atoms with van der Waals surface area (Å²) in [5, 5.41) is 5.49. The van der Waals surface area contributed by atoms with Crippen LogP contribution >= 0.6 is 11.3 Å². The molecule has 4 rings (SSSR count). The Labute approximate surface area is 204 Å². The van der Waals surface area contributed by atoms with E-state index in [1.54, 1.807) is 5.38 Å². The number of hydrogen-bond acceptors (Lipinski definition) is 5. The van der Waals surface area contributed by atoms with Crippen LogP contribution in [-0.2, 0) is 9.59 Å². The minimum Gasteiger partial charge on any atom is -0.344 e. The zero-order valence-electron chi connectivity index (χ0n) is 19.8. The van der Waals surface area contributed by atoms with E-state index in [0.29, 0.717) is 17.8 Å². The minimum absolute atomic E-state index is 0.0370. The van der Waals surface area contributed by atoms with Gasteiger partial charge in [0.15, 0.2) is 0 Å². The summed E-state index contributed by atoms with van der Waals surface area (Å²) in [6.07, 6.45) is 6.85. The van der Waals surface area contributed by atoms with E-state index in [-0.39, 0.29) is 35.5 Å². The lowest BCUT2D eigenvalue weighted by molar-refractivity contribution is -0.140. The molecule has 182 valence electrons. The Morgan fingerprint density at radius 2 is 1.76 bits per heavy atom. The van der Waals surface area contributed by atoms with Crippen molar-refractivity contribution in [3.8, 4) is 0 Å². The predicted octanol–water partition coefficient (Wildman–Crippen LogP) is 4.90. The van der Waals surface area contributed by atoms with Crippen LogP contribution in [-0.4, -0.2) is 40.1 Å². The van der Waals surface area contributed by atoms with Crippen LogP contribution in [0.4, 0.5) is 4.39 Å². The summed E-state index contributed by atoms with van der Waals surface area (Å²) in [6, 6.07) is 4.71. The van der Waals surface area contributed by atoms with Gasteiger partial charge in [-0.25, -0.2) is 9.37 Å². The third-order valence-corrected chi connectivity index (χ3v) is 7.84. The summed E-state index contributed by atoms with van der Waals surface area (Å²) in [5.74, 6) is -0.828. The van der Waals surface area contributed by atoms with Crippen molar-refractivity contribution < 1.29 is 18.8 Å². The van der Waals surface area contributed by atoms with E-state index in [1.807, 2.05) is 18.7 Å². The topological polar surface area (TPSA) is 79.4 Å². The normalized spacial score (nSPS) is 19.9. The number of amides is 2. The van der Waals surface area contributed by atoms with Crippen molar-refractivity contribution in [1.82, 2.24) is 15.2 Å². The Morgan fingerprint density at radius 3 is 2.44 bits per heavy atom. The molecule has 0 bridgehead atoms. The van der Waals surface area contributed by atoms with Crippen LogP contribution in [0.15, 0.2) is 29.6 Å². The Kier molecular flexibility index (Phi) is 7.76. The van der Waals surface area contributed by atoms with Gasteiger partial charge in [0.1, 0.15) is 22.6 Å². The van der Waals surface area contributed by atoms with E-state index in [1.165, 1.54) is 42.0 Å². The first-order valence-corrected chi connectivity index (χ1v) is 13.1. The van der Waals surface area contributed by atoms with Crippen LogP contribution in [0.1, 0.15) is 85.9 Å². The molecular weight excluding hydrogens is 453 g/mol. The first-order valence-electron chi connectivity index (χ1n) is 12.2. The summed E-state index contributed by atoms with van der Waals surface area (Å²) < 4.78 is 13.2. The molecule has 2 aromatic rings. The maximum atomic E-state index is 13.8. The third-order valence-electron chi connectivity index (χ3n) is 6.89. The Balaban J connectivity index is 1.53. The molecule has 2 fully saturated rings. The van der Waals surface area contributed by atoms with E-state index in [4.69, 9.17) is 0 Å². The summed E-state index contributed by atoms with van der Waals surface area (Å²) in [5.41, 5.74) is 0.689. The first-order chi connectivity index (χ1) is 16.3. The van der Waals surface area contributed by atoms with Crippen molar-refractivity contribution in [2.45, 2.75) is 70.9 Å². The molecule has 8 heteroatoms. The van der Waals surface area contributed by atoms with Crippen LogP contribution in [0.3, 0.4) is 0 Å². The number of carbonyl (C=O) groups is 3. The number of aromatic nitrogens is 1. The van der Waals surface area contributed by atoms with Gasteiger partial charge in [-0.1, -0.05) is 33.1 Å². The molecule has 1 aliphatic heterocycles. The maximum Gasteiger partial charge on any atom is 0.246 e. The van der Waals surface area contributed by atoms with Gasteiger partial charge in [0.25, 0.3) is 0 Å². The number of carbonyl (C=O) groups excluding carboxylic acids is 3. The molecule has 1 unspecified atom stereocenters. The summed E-state index contributed by atoms with van der Waals surface area (Å²) >= 11 is 1.37. The van der Waals surface area contributed by atoms with Gasteiger partial charge in [-0.05, 0) is 55.9 Å². The highest BCUT2D eigenvalue weighted by atomic mass is 32.1. The predicted molar refractivity (Wildman–Crippen MR) is 129 cm³/mol. The highest BCUT2D eigenvalue weighted by molar-refractivity contribution is 7.10. The molecule has 1 aromatic heterocycles. The fourth-order valence-corrected chi connectivity index (χ4v) is 5.87. The first kappa shape index (κ1) is 24.5. The van der Waals surface area contributed by atoms with Crippen LogP contribution in [0.2, 0.25) is 0 Å². The number of benzene rings is 1. The van der Waals surface area contributed by atoms with Crippen molar-refractivity contribution in [3.63, 3.8) is 0 Å². The number of ketones is 1. The van der Waals surface area contributed by atoms with Crippen LogP contribution in [0, 0.1) is 17.7 Å². The van der Waals surface area contributed by atoms with E-state index < -0.39 is 11.9 Å². The number of nitrogens with zero attached hydrogens (tertiary/aromatic N) is 2. The average Bonchev–Trinajstić information content (AvgIpc) is 3.52. The monoisotopic (exact) mass is 485 g/mol. The molecule has 0 radical (unpaired) electrons. The fraction of sp³-hybridized carbons (Fsp3) is 0.538. The Bertz CT molecular complexity index is 1030. The lowest BCUT2D eigenvalue weighted by Gasteiger charge is -2.35. The van der Waals surface area contributed by atoms with Crippen molar-refractivity contribution in [3.05, 3.63) is 51.7 Å². The SMILES string of the molecule is CC(C)C(=O)NC(C(=O)N1CCC[C@H]1c1nc(C(=O)c2ccc(F)cc2)cs1)C1CCCCC1. The minimum atomic E-state index is -0.518. The van der Waals surface area contributed by atoms with E-state index in [9.17, 15) is 18.8 Å². The molecule has 2 atom stereocenters. The number of halogens is 1. The molecule has 1 saturated carbocycles. The highest BCUT2D eigenvalue weighted by Crippen LogP contribution is 2.36. The second kappa shape index (κ2) is 10.8. The molecule has 34 heavy (non-hydrogen) atoms. The number of nitrogens with one attached hydrogen (secondary N) is 1. The molecule has 6 nitrogen and oxygen atoms in total. The fourth-order valence-electron chi connectivity index (χ4n) is 4.93. The molecule has 0 spiro atoms. The Morgan fingerprint density at radius 1 is 1.06 bits per heavy atom. The molecular formula is C26H32FN3O3S. The number of rotatable bonds is 7. The van der Waals surface area contributed by atoms with Gasteiger partial charge in [-0.15, -0.1) is 11.3 Å². The van der Waals surface area contributed by atoms with Gasteiger partial charge >= 0.3 is 0 Å². The zero-order chi connectivity index (χ0) is 24.2. The quantitative estimate of drug-likeness (QED) is 0.566. The van der Waals surface area contributed by atoms with Crippen molar-refractivity contribution in [1.29, 1.82) is 0 Å². The second-order valence-corrected chi connectivity index (χ2v) is 10.5. The molecule has 2 aliphatic rings. The van der Waals surface area contributed by atoms with E-state index in [2.05, 4.69) is 10.3 Å². The van der Waals surface area contributed by atoms with E-state index >= 15 is 0 Å². The molecule has 1 aromatic carbocycles. The van der Waals surface area contributed by atoms with Crippen LogP contribution < -0.4 is 5.32 Å². The van der Waals surface area contributed by atoms with E-state index in [0.717, 1.165) is 43.5 Å². The number of thiazole rings is 1. The van der Waals surface area contributed by atoms with Crippen LogP contribution in [0.5, 0.6) is 0 Å². The molecule has 1 saturated heterocycles. The van der Waals surface area contributed by atoms with Crippen molar-refractivity contribution in [2.75, 3.05) is 6.54 Å². The van der Waals surface area contributed by atoms with Gasteiger partial charge in [-0.2, -0.15) is 0 Å². The third kappa shape index (κ3) is 5.37. The lowest BCUT2D eigenvalue weighted by Crippen LogP contribution is -2.53. The number of likely N-dealkylation sites (tertiary alicyclic amines) is 1. The largest absolute Gasteiger partial charge is 0.344 e. The van der Waals surface area contributed by atoms with Crippen molar-refractivity contribution >= 4 is 28.9 Å². The molecule has 1 N–H and O–H groups in total. The second-order valence-electron chi connectivity index (χ2n) is 9.64. The average molecular weight is 486 g/mol. The number of hydrogen-bond donors (Lipinski definition) is 1. The standard InChI is InChI=1S/C26H32FN3O3S/c1-16(2)24(32)29-22(17-7-4-3-5-8-17)26(33)30-14-6-9-21(30)25-28-20(15-34-25)23(31)18-10-12-19(27)13-11-18/h10-13,15-17,21-22H,3-9,14H2,1-2H3,(H,29,32)/t21-,22?/m0/s1. The van der Waals surface area contributed by atoms with Gasteiger partial charge in [0.05, 0.1) is 6.04 Å². The maximum absolute atomic E-state index is 13.8. The van der Waals surface area contributed by atoms with Crippen molar-refractivity contribution in [2.24, 2.45) is 11.8 Å². The molecule has 2 heterocycles. The highest BCUT2D eigenvalue weighted by Gasteiger charge is 2.40. The zero-order valence-corrected chi connectivity index (χ0v) is 20.6. The summed E-state index contributed by atoms with van der Waals surface area (Å²) in [6.45, 7) is 4.29.